The standard InChI is InChI=1S/C27H20ClN3OS/c28-23-9-4-10-24-25(23)30-27(33-24)31(18-21-8-5-15-29-17-21)26(32)22-13-11-20(12-14-22)16-19-6-2-1-3-7-19/h1-15,17H,16,18H2. The third-order valence-electron chi connectivity index (χ3n) is 5.35. The molecule has 0 saturated heterocycles. The number of carbonyl (C=O) groups excluding carboxylic acids is 1. The monoisotopic (exact) mass is 469 g/mol. The van der Waals surface area contributed by atoms with E-state index in [4.69, 9.17) is 16.6 Å². The topological polar surface area (TPSA) is 46.1 Å². The van der Waals surface area contributed by atoms with E-state index in [1.807, 2.05) is 72.8 Å². The van der Waals surface area contributed by atoms with Crippen LogP contribution in [0.15, 0.2) is 97.3 Å². The van der Waals surface area contributed by atoms with Crippen molar-refractivity contribution < 1.29 is 4.79 Å². The minimum atomic E-state index is -0.111. The molecule has 0 unspecified atom stereocenters. The number of halogens is 1. The Labute approximate surface area is 201 Å². The molecule has 0 saturated carbocycles. The van der Waals surface area contributed by atoms with Crippen LogP contribution in [0.5, 0.6) is 0 Å². The maximum atomic E-state index is 13.6. The van der Waals surface area contributed by atoms with Crippen LogP contribution >= 0.6 is 22.9 Å². The average molecular weight is 470 g/mol. The van der Waals surface area contributed by atoms with Gasteiger partial charge in [0.05, 0.1) is 16.3 Å². The summed E-state index contributed by atoms with van der Waals surface area (Å²) in [6.45, 7) is 0.371. The molecule has 0 N–H and O–H groups in total. The second-order valence-corrected chi connectivity index (χ2v) is 9.11. The third kappa shape index (κ3) is 4.80. The van der Waals surface area contributed by atoms with Crippen LogP contribution in [0.3, 0.4) is 0 Å². The highest BCUT2D eigenvalue weighted by atomic mass is 35.5. The van der Waals surface area contributed by atoms with Crippen LogP contribution in [0.2, 0.25) is 5.02 Å². The lowest BCUT2D eigenvalue weighted by atomic mass is 10.0. The Morgan fingerprint density at radius 3 is 2.33 bits per heavy atom. The number of carbonyl (C=O) groups is 1. The summed E-state index contributed by atoms with van der Waals surface area (Å²) in [7, 11) is 0. The van der Waals surface area contributed by atoms with E-state index in [9.17, 15) is 4.79 Å². The van der Waals surface area contributed by atoms with Gasteiger partial charge < -0.3 is 0 Å². The predicted molar refractivity (Wildman–Crippen MR) is 135 cm³/mol. The van der Waals surface area contributed by atoms with Gasteiger partial charge in [0.2, 0.25) is 0 Å². The molecule has 5 aromatic rings. The van der Waals surface area contributed by atoms with Crippen LogP contribution in [-0.2, 0) is 13.0 Å². The Kier molecular flexibility index (Phi) is 6.15. The maximum Gasteiger partial charge on any atom is 0.260 e. The fourth-order valence-electron chi connectivity index (χ4n) is 3.67. The normalized spacial score (nSPS) is 10.9. The largest absolute Gasteiger partial charge is 0.279 e. The molecule has 0 aliphatic carbocycles. The summed E-state index contributed by atoms with van der Waals surface area (Å²) in [4.78, 5) is 24.2. The number of para-hydroxylation sites is 1. The van der Waals surface area contributed by atoms with Crippen molar-refractivity contribution in [2.45, 2.75) is 13.0 Å². The summed E-state index contributed by atoms with van der Waals surface area (Å²) < 4.78 is 0.944. The van der Waals surface area contributed by atoms with Gasteiger partial charge >= 0.3 is 0 Å². The van der Waals surface area contributed by atoms with Gasteiger partial charge in [-0.3, -0.25) is 14.7 Å². The van der Waals surface area contributed by atoms with Crippen molar-refractivity contribution in [2.24, 2.45) is 0 Å². The number of fused-ring (bicyclic) bond motifs is 1. The fraction of sp³-hybridized carbons (Fsp3) is 0.0741. The first kappa shape index (κ1) is 21.3. The molecule has 2 aromatic heterocycles. The summed E-state index contributed by atoms with van der Waals surface area (Å²) in [6, 6.07) is 27.6. The lowest BCUT2D eigenvalue weighted by Crippen LogP contribution is -2.30. The van der Waals surface area contributed by atoms with E-state index in [0.29, 0.717) is 27.8 Å². The molecule has 0 bridgehead atoms. The number of thiazole rings is 1. The molecular weight excluding hydrogens is 450 g/mol. The van der Waals surface area contributed by atoms with Crippen molar-refractivity contribution in [3.8, 4) is 0 Å². The first-order chi connectivity index (χ1) is 16.2. The maximum absolute atomic E-state index is 13.6. The van der Waals surface area contributed by atoms with E-state index in [0.717, 1.165) is 22.2 Å². The molecule has 0 aliphatic heterocycles. The van der Waals surface area contributed by atoms with E-state index in [1.165, 1.54) is 16.9 Å². The molecule has 0 radical (unpaired) electrons. The molecule has 1 amide bonds. The van der Waals surface area contributed by atoms with Gasteiger partial charge in [-0.15, -0.1) is 0 Å². The number of hydrogen-bond acceptors (Lipinski definition) is 4. The number of amides is 1. The average Bonchev–Trinajstić information content (AvgIpc) is 3.29. The van der Waals surface area contributed by atoms with Gasteiger partial charge in [-0.2, -0.15) is 0 Å². The van der Waals surface area contributed by atoms with Crippen molar-refractivity contribution in [3.63, 3.8) is 0 Å². The molecule has 0 spiro atoms. The smallest absolute Gasteiger partial charge is 0.260 e. The first-order valence-corrected chi connectivity index (χ1v) is 11.8. The Bertz CT molecular complexity index is 1390. The van der Waals surface area contributed by atoms with Gasteiger partial charge in [-0.1, -0.05) is 77.5 Å². The number of nitrogens with zero attached hydrogens (tertiary/aromatic N) is 3. The summed E-state index contributed by atoms with van der Waals surface area (Å²) in [5.41, 5.74) is 4.64. The number of rotatable bonds is 6. The van der Waals surface area contributed by atoms with Gasteiger partial charge in [-0.25, -0.2) is 4.98 Å². The molecule has 4 nitrogen and oxygen atoms in total. The highest BCUT2D eigenvalue weighted by Crippen LogP contribution is 2.34. The molecule has 0 aliphatic rings. The first-order valence-electron chi connectivity index (χ1n) is 10.6. The zero-order valence-electron chi connectivity index (χ0n) is 17.7. The predicted octanol–water partition coefficient (Wildman–Crippen LogP) is 6.78. The lowest BCUT2D eigenvalue weighted by molar-refractivity contribution is 0.0985. The van der Waals surface area contributed by atoms with Crippen LogP contribution in [0.4, 0.5) is 5.13 Å². The highest BCUT2D eigenvalue weighted by Gasteiger charge is 2.22. The number of hydrogen-bond donors (Lipinski definition) is 0. The van der Waals surface area contributed by atoms with Crippen LogP contribution in [0.1, 0.15) is 27.0 Å². The van der Waals surface area contributed by atoms with Crippen molar-refractivity contribution in [1.82, 2.24) is 9.97 Å². The van der Waals surface area contributed by atoms with Crippen LogP contribution in [-0.4, -0.2) is 15.9 Å². The number of aromatic nitrogens is 2. The second kappa shape index (κ2) is 9.53. The number of benzene rings is 3. The zero-order valence-corrected chi connectivity index (χ0v) is 19.3. The minimum Gasteiger partial charge on any atom is -0.279 e. The summed E-state index contributed by atoms with van der Waals surface area (Å²) in [5.74, 6) is -0.111. The van der Waals surface area contributed by atoms with E-state index >= 15 is 0 Å². The van der Waals surface area contributed by atoms with Gasteiger partial charge in [0.15, 0.2) is 5.13 Å². The van der Waals surface area contributed by atoms with Gasteiger partial charge in [0.25, 0.3) is 5.91 Å². The van der Waals surface area contributed by atoms with Gasteiger partial charge in [0.1, 0.15) is 5.52 Å². The van der Waals surface area contributed by atoms with Crippen molar-refractivity contribution in [2.75, 3.05) is 4.90 Å². The molecule has 162 valence electrons. The molecule has 3 aromatic carbocycles. The quantitative estimate of drug-likeness (QED) is 0.275. The highest BCUT2D eigenvalue weighted by molar-refractivity contribution is 7.22. The van der Waals surface area contributed by atoms with E-state index in [-0.39, 0.29) is 5.91 Å². The molecule has 0 atom stereocenters. The zero-order chi connectivity index (χ0) is 22.6. The molecular formula is C27H20ClN3OS. The lowest BCUT2D eigenvalue weighted by Gasteiger charge is -2.20. The van der Waals surface area contributed by atoms with E-state index < -0.39 is 0 Å². The van der Waals surface area contributed by atoms with Crippen molar-refractivity contribution >= 4 is 44.2 Å². The Morgan fingerprint density at radius 2 is 1.61 bits per heavy atom. The second-order valence-electron chi connectivity index (χ2n) is 7.69. The molecule has 6 heteroatoms. The third-order valence-corrected chi connectivity index (χ3v) is 6.70. The van der Waals surface area contributed by atoms with E-state index in [2.05, 4.69) is 17.1 Å². The summed E-state index contributed by atoms with van der Waals surface area (Å²) in [5, 5.41) is 1.19. The molecule has 5 rings (SSSR count). The summed E-state index contributed by atoms with van der Waals surface area (Å²) in [6.07, 6.45) is 4.31. The van der Waals surface area contributed by atoms with Crippen LogP contribution in [0.25, 0.3) is 10.2 Å². The van der Waals surface area contributed by atoms with Gasteiger partial charge in [0, 0.05) is 18.0 Å². The van der Waals surface area contributed by atoms with Crippen molar-refractivity contribution in [1.29, 1.82) is 0 Å². The van der Waals surface area contributed by atoms with Crippen LogP contribution in [0, 0.1) is 0 Å². The Hall–Kier alpha value is -3.54. The number of anilines is 1. The Balaban J connectivity index is 1.46. The van der Waals surface area contributed by atoms with Gasteiger partial charge in [-0.05, 0) is 53.4 Å². The Morgan fingerprint density at radius 1 is 0.848 bits per heavy atom. The van der Waals surface area contributed by atoms with E-state index in [1.54, 1.807) is 17.3 Å². The van der Waals surface area contributed by atoms with Crippen LogP contribution < -0.4 is 4.90 Å². The van der Waals surface area contributed by atoms with Crippen molar-refractivity contribution in [3.05, 3.63) is 125 Å². The molecule has 33 heavy (non-hydrogen) atoms. The molecule has 0 fully saturated rings. The minimum absolute atomic E-state index is 0.111. The SMILES string of the molecule is O=C(c1ccc(Cc2ccccc2)cc1)N(Cc1cccnc1)c1nc2c(Cl)cccc2s1. The summed E-state index contributed by atoms with van der Waals surface area (Å²) >= 11 is 7.80. The molecule has 2 heterocycles. The number of pyridine rings is 1. The fourth-order valence-corrected chi connectivity index (χ4v) is 4.93.